The van der Waals surface area contributed by atoms with Gasteiger partial charge in [0.1, 0.15) is 5.56 Å². The molecule has 2 fully saturated rings. The Hall–Kier alpha value is -2.19. The number of aliphatic hydroxyl groups is 1. The summed E-state index contributed by atoms with van der Waals surface area (Å²) in [5.41, 5.74) is 0.887. The summed E-state index contributed by atoms with van der Waals surface area (Å²) in [5, 5.41) is 17.9. The van der Waals surface area contributed by atoms with E-state index in [0.717, 1.165) is 31.7 Å². The summed E-state index contributed by atoms with van der Waals surface area (Å²) < 4.78 is 1.68. The number of carbonyl (C=O) groups excluding carboxylic acids is 1. The van der Waals surface area contributed by atoms with E-state index in [9.17, 15) is 14.7 Å². The number of carbonyl (C=O) groups is 2. The molecule has 1 aliphatic heterocycles. The average molecular weight is 450 g/mol. The van der Waals surface area contributed by atoms with Crippen LogP contribution in [0.15, 0.2) is 17.1 Å². The van der Waals surface area contributed by atoms with Crippen molar-refractivity contribution in [2.24, 2.45) is 17.8 Å². The molecule has 3 rings (SSSR count). The second-order valence-corrected chi connectivity index (χ2v) is 9.87. The number of hydrogen-bond donors (Lipinski definition) is 2. The zero-order valence-corrected chi connectivity index (χ0v) is 20.2. The Balaban J connectivity index is 0.000000837. The number of aliphatic hydroxyl groups excluding tert-OH is 1. The van der Waals surface area contributed by atoms with Crippen LogP contribution in [0.3, 0.4) is 0 Å². The number of rotatable bonds is 5. The summed E-state index contributed by atoms with van der Waals surface area (Å²) in [7, 11) is 4.00. The molecule has 0 aromatic carbocycles. The maximum atomic E-state index is 13.3. The summed E-state index contributed by atoms with van der Waals surface area (Å²) >= 11 is 0. The quantitative estimate of drug-likeness (QED) is 0.713. The van der Waals surface area contributed by atoms with Crippen LogP contribution >= 0.6 is 0 Å². The maximum absolute atomic E-state index is 13.3. The molecule has 2 N–H and O–H groups in total. The van der Waals surface area contributed by atoms with Gasteiger partial charge in [-0.2, -0.15) is 0 Å². The predicted octanol–water partition coefficient (Wildman–Crippen LogP) is 2.07. The van der Waals surface area contributed by atoms with Crippen molar-refractivity contribution in [1.82, 2.24) is 14.4 Å². The van der Waals surface area contributed by atoms with Crippen molar-refractivity contribution in [3.8, 4) is 0 Å². The first-order valence-corrected chi connectivity index (χ1v) is 11.5. The molecule has 4 atom stereocenters. The van der Waals surface area contributed by atoms with Crippen molar-refractivity contribution >= 4 is 11.9 Å². The second-order valence-electron chi connectivity index (χ2n) is 9.87. The first kappa shape index (κ1) is 26.1. The molecular formula is C24H39N3O5. The van der Waals surface area contributed by atoms with Gasteiger partial charge < -0.3 is 24.6 Å². The number of aliphatic carboxylic acids is 1. The van der Waals surface area contributed by atoms with E-state index in [1.807, 2.05) is 32.0 Å². The highest BCUT2D eigenvalue weighted by atomic mass is 16.4. The van der Waals surface area contributed by atoms with E-state index < -0.39 is 5.97 Å². The zero-order valence-electron chi connectivity index (χ0n) is 20.2. The van der Waals surface area contributed by atoms with Crippen molar-refractivity contribution in [3.05, 3.63) is 33.7 Å². The topological polar surface area (TPSA) is 103 Å². The van der Waals surface area contributed by atoms with Gasteiger partial charge in [0.15, 0.2) is 0 Å². The normalized spacial score (nSPS) is 24.8. The summed E-state index contributed by atoms with van der Waals surface area (Å²) in [6.07, 6.45) is 3.99. The fraction of sp³-hybridized carbons (Fsp3) is 0.708. The minimum Gasteiger partial charge on any atom is -0.481 e. The first-order valence-electron chi connectivity index (χ1n) is 11.5. The second kappa shape index (κ2) is 11.1. The molecule has 0 unspecified atom stereocenters. The Labute approximate surface area is 190 Å². The maximum Gasteiger partial charge on any atom is 0.300 e. The lowest BCUT2D eigenvalue weighted by atomic mass is 9.77. The Bertz CT molecular complexity index is 860. The van der Waals surface area contributed by atoms with E-state index in [2.05, 4.69) is 18.7 Å². The van der Waals surface area contributed by atoms with Gasteiger partial charge in [-0.15, -0.1) is 0 Å². The van der Waals surface area contributed by atoms with Gasteiger partial charge in [0.2, 0.25) is 0 Å². The third-order valence-electron chi connectivity index (χ3n) is 6.59. The number of hydrogen-bond acceptors (Lipinski definition) is 5. The van der Waals surface area contributed by atoms with Crippen LogP contribution in [0.4, 0.5) is 0 Å². The average Bonchev–Trinajstić information content (AvgIpc) is 3.08. The van der Waals surface area contributed by atoms with Crippen LogP contribution in [-0.4, -0.2) is 75.8 Å². The number of likely N-dealkylation sites (N-methyl/N-ethyl adjacent to an activating group) is 1. The lowest BCUT2D eigenvalue weighted by molar-refractivity contribution is -0.134. The summed E-state index contributed by atoms with van der Waals surface area (Å²) in [5.74, 6) is 0.242. The van der Waals surface area contributed by atoms with Crippen molar-refractivity contribution in [3.63, 3.8) is 0 Å². The molecule has 1 saturated carbocycles. The van der Waals surface area contributed by atoms with Crippen molar-refractivity contribution in [2.75, 3.05) is 27.2 Å². The van der Waals surface area contributed by atoms with Crippen LogP contribution in [-0.2, 0) is 11.3 Å². The lowest BCUT2D eigenvalue weighted by Crippen LogP contribution is -2.46. The molecule has 8 heteroatoms. The van der Waals surface area contributed by atoms with E-state index in [4.69, 9.17) is 9.90 Å². The van der Waals surface area contributed by atoms with E-state index >= 15 is 0 Å². The molecule has 2 heterocycles. The Morgan fingerprint density at radius 2 is 1.75 bits per heavy atom. The monoisotopic (exact) mass is 449 g/mol. The number of aromatic nitrogens is 1. The van der Waals surface area contributed by atoms with Crippen LogP contribution in [0.5, 0.6) is 0 Å². The van der Waals surface area contributed by atoms with Gasteiger partial charge in [-0.1, -0.05) is 13.8 Å². The molecule has 0 spiro atoms. The SMILES string of the molecule is CC(=O)O.Cc1ccn(CCC(C)C)c(=O)c1C(=O)N1C[C@H]2C[C@@H](N(C)C)[C@H](O)C[C@H]2C1. The minimum absolute atomic E-state index is 0.142. The van der Waals surface area contributed by atoms with Gasteiger partial charge >= 0.3 is 0 Å². The van der Waals surface area contributed by atoms with Gasteiger partial charge in [-0.3, -0.25) is 14.4 Å². The first-order chi connectivity index (χ1) is 14.9. The molecule has 1 amide bonds. The van der Waals surface area contributed by atoms with E-state index in [-0.39, 0.29) is 23.6 Å². The van der Waals surface area contributed by atoms with Crippen molar-refractivity contribution in [2.45, 2.75) is 65.6 Å². The minimum atomic E-state index is -0.833. The van der Waals surface area contributed by atoms with Crippen LogP contribution in [0.1, 0.15) is 56.0 Å². The smallest absolute Gasteiger partial charge is 0.300 e. The number of carboxylic acids is 1. The number of nitrogens with zero attached hydrogens (tertiary/aromatic N) is 3. The summed E-state index contributed by atoms with van der Waals surface area (Å²) in [4.78, 5) is 39.2. The van der Waals surface area contributed by atoms with Gasteiger partial charge in [-0.25, -0.2) is 0 Å². The third-order valence-corrected chi connectivity index (χ3v) is 6.59. The summed E-state index contributed by atoms with van der Waals surface area (Å²) in [6.45, 7) is 9.15. The number of amides is 1. The highest BCUT2D eigenvalue weighted by Crippen LogP contribution is 2.38. The number of aryl methyl sites for hydroxylation is 2. The number of carboxylic acid groups (broad SMARTS) is 1. The fourth-order valence-electron chi connectivity index (χ4n) is 4.78. The molecular weight excluding hydrogens is 410 g/mol. The third kappa shape index (κ3) is 6.42. The molecule has 8 nitrogen and oxygen atoms in total. The van der Waals surface area contributed by atoms with Crippen molar-refractivity contribution < 1.29 is 19.8 Å². The Kier molecular flexibility index (Phi) is 9.04. The van der Waals surface area contributed by atoms with E-state index in [1.54, 1.807) is 10.8 Å². The Morgan fingerprint density at radius 3 is 2.28 bits per heavy atom. The molecule has 1 aromatic rings. The molecule has 180 valence electrons. The highest BCUT2D eigenvalue weighted by molar-refractivity contribution is 5.95. The van der Waals surface area contributed by atoms with Crippen molar-refractivity contribution in [1.29, 1.82) is 0 Å². The summed E-state index contributed by atoms with van der Waals surface area (Å²) in [6, 6.07) is 2.02. The molecule has 32 heavy (non-hydrogen) atoms. The Morgan fingerprint density at radius 1 is 1.19 bits per heavy atom. The van der Waals surface area contributed by atoms with Gasteiger partial charge in [0.25, 0.3) is 17.4 Å². The fourth-order valence-corrected chi connectivity index (χ4v) is 4.78. The van der Waals surface area contributed by atoms with E-state index in [1.165, 1.54) is 0 Å². The zero-order chi connectivity index (χ0) is 24.2. The number of fused-ring (bicyclic) bond motifs is 1. The number of pyridine rings is 1. The largest absolute Gasteiger partial charge is 0.481 e. The molecule has 0 bridgehead atoms. The molecule has 1 aromatic heterocycles. The van der Waals surface area contributed by atoms with Crippen LogP contribution in [0, 0.1) is 24.7 Å². The van der Waals surface area contributed by atoms with Gasteiger partial charge in [0, 0.05) is 38.8 Å². The van der Waals surface area contributed by atoms with E-state index in [0.29, 0.717) is 43.0 Å². The number of likely N-dealkylation sites (tertiary alicyclic amines) is 1. The van der Waals surface area contributed by atoms with Crippen LogP contribution < -0.4 is 5.56 Å². The highest BCUT2D eigenvalue weighted by Gasteiger charge is 2.44. The van der Waals surface area contributed by atoms with Gasteiger partial charge in [0.05, 0.1) is 6.10 Å². The predicted molar refractivity (Wildman–Crippen MR) is 124 cm³/mol. The van der Waals surface area contributed by atoms with Crippen LogP contribution in [0.25, 0.3) is 0 Å². The molecule has 2 aliphatic rings. The van der Waals surface area contributed by atoms with Crippen LogP contribution in [0.2, 0.25) is 0 Å². The lowest BCUT2D eigenvalue weighted by Gasteiger charge is -2.38. The molecule has 1 aliphatic carbocycles. The van der Waals surface area contributed by atoms with Gasteiger partial charge in [-0.05, 0) is 69.7 Å². The molecule has 0 radical (unpaired) electrons. The standard InChI is InChI=1S/C22H35N3O3.C2H4O2/c1-14(2)6-8-24-9-7-15(3)20(21(24)27)22(28)25-12-16-10-18(23(4)5)19(26)11-17(16)13-25;1-2(3)4/h7,9,14,16-19,26H,6,8,10-13H2,1-5H3;1H3,(H,3,4)/t16-,17+,18-,19-;/m1./s1. The molecule has 1 saturated heterocycles.